The van der Waals surface area contributed by atoms with Gasteiger partial charge in [0.2, 0.25) is 0 Å². The van der Waals surface area contributed by atoms with Gasteiger partial charge in [-0.1, -0.05) is 24.3 Å². The van der Waals surface area contributed by atoms with Crippen LogP contribution in [0.3, 0.4) is 0 Å². The summed E-state index contributed by atoms with van der Waals surface area (Å²) in [4.78, 5) is 21.4. The van der Waals surface area contributed by atoms with Crippen molar-refractivity contribution in [3.05, 3.63) is 76.9 Å². The van der Waals surface area contributed by atoms with Crippen molar-refractivity contribution in [2.24, 2.45) is 0 Å². The average molecular weight is 538 g/mol. The van der Waals surface area contributed by atoms with E-state index in [1.807, 2.05) is 43.9 Å². The fourth-order valence-electron chi connectivity index (χ4n) is 4.93. The molecule has 1 aliphatic heterocycles. The van der Waals surface area contributed by atoms with Crippen LogP contribution in [0.25, 0.3) is 11.1 Å². The number of carbonyl (C=O) groups is 1. The van der Waals surface area contributed by atoms with Crippen molar-refractivity contribution in [2.75, 3.05) is 32.2 Å². The van der Waals surface area contributed by atoms with E-state index in [-0.39, 0.29) is 12.3 Å². The summed E-state index contributed by atoms with van der Waals surface area (Å²) in [5, 5.41) is 9.10. The molecular formula is C31H38O6P+. The number of benzene rings is 3. The second-order valence-corrected chi connectivity index (χ2v) is 14.1. The molecule has 7 heteroatoms. The van der Waals surface area contributed by atoms with Crippen LogP contribution in [0.4, 0.5) is 0 Å². The Bertz CT molecular complexity index is 1260. The molecule has 0 aliphatic carbocycles. The largest absolute Gasteiger partial charge is 0.493 e. The average Bonchev–Trinajstić information content (AvgIpc) is 3.26. The summed E-state index contributed by atoms with van der Waals surface area (Å²) in [6.07, 6.45) is 2.60. The summed E-state index contributed by atoms with van der Waals surface area (Å²) >= 11 is 0. The van der Waals surface area contributed by atoms with Gasteiger partial charge in [0.05, 0.1) is 38.6 Å². The summed E-state index contributed by atoms with van der Waals surface area (Å²) in [5.41, 5.74) is 6.60. The first-order valence-electron chi connectivity index (χ1n) is 13.2. The molecule has 2 unspecified atom stereocenters. The number of aryl methyl sites for hydroxylation is 2. The molecule has 1 aliphatic rings. The maximum absolute atomic E-state index is 11.1. The van der Waals surface area contributed by atoms with Gasteiger partial charge in [-0.25, -0.2) is 0 Å². The van der Waals surface area contributed by atoms with E-state index in [2.05, 4.69) is 38.1 Å². The van der Waals surface area contributed by atoms with E-state index < -0.39 is 13.5 Å². The van der Waals surface area contributed by atoms with Gasteiger partial charge in [-0.15, -0.1) is 0 Å². The van der Waals surface area contributed by atoms with Crippen molar-refractivity contribution < 1.29 is 29.0 Å². The summed E-state index contributed by atoms with van der Waals surface area (Å²) in [6, 6.07) is 18.2. The Balaban J connectivity index is 1.39. The van der Waals surface area contributed by atoms with E-state index in [1.165, 1.54) is 5.56 Å². The van der Waals surface area contributed by atoms with Crippen molar-refractivity contribution in [1.82, 2.24) is 0 Å². The van der Waals surface area contributed by atoms with Crippen molar-refractivity contribution >= 4 is 13.5 Å². The summed E-state index contributed by atoms with van der Waals surface area (Å²) in [7, 11) is -1.77. The normalized spacial score (nSPS) is 15.9. The van der Waals surface area contributed by atoms with Crippen LogP contribution in [0, 0.1) is 13.8 Å². The molecular weight excluding hydrogens is 499 g/mol. The summed E-state index contributed by atoms with van der Waals surface area (Å²) in [6.45, 7) is 9.64. The van der Waals surface area contributed by atoms with E-state index in [1.54, 1.807) is 0 Å². The second-order valence-electron chi connectivity index (χ2n) is 10.3. The molecule has 0 amide bonds. The fraction of sp³-hybridized carbons (Fsp3) is 0.387. The van der Waals surface area contributed by atoms with Crippen molar-refractivity contribution in [1.29, 1.82) is 0 Å². The third-order valence-corrected chi connectivity index (χ3v) is 9.79. The molecule has 3 aromatic carbocycles. The molecule has 0 saturated heterocycles. The molecule has 2 N–H and O–H groups in total. The highest BCUT2D eigenvalue weighted by atomic mass is 31.2. The predicted octanol–water partition coefficient (Wildman–Crippen LogP) is 6.84. The third-order valence-electron chi connectivity index (χ3n) is 7.15. The number of ether oxygens (including phenoxy) is 3. The van der Waals surface area contributed by atoms with E-state index >= 15 is 0 Å². The first kappa shape index (κ1) is 27.9. The van der Waals surface area contributed by atoms with Gasteiger partial charge in [-0.3, -0.25) is 9.69 Å². The Morgan fingerprint density at radius 2 is 1.82 bits per heavy atom. The number of hydrogen-bond acceptors (Lipinski definition) is 5. The number of hydrogen-bond donors (Lipinski definition) is 2. The third kappa shape index (κ3) is 7.06. The molecule has 38 heavy (non-hydrogen) atoms. The molecule has 0 fully saturated rings. The van der Waals surface area contributed by atoms with Crippen LogP contribution in [-0.4, -0.2) is 48.2 Å². The molecule has 6 nitrogen and oxygen atoms in total. The SMILES string of the molecule is CC[P+](C)(O)CCCOc1cc(C)c(-c2cccc(COc3ccc4c(c3)OCC4CC(=O)O)c2)c(C)c1. The minimum atomic E-state index is -1.77. The minimum Gasteiger partial charge on any atom is -0.493 e. The summed E-state index contributed by atoms with van der Waals surface area (Å²) in [5.74, 6) is 1.32. The smallest absolute Gasteiger partial charge is 0.304 e. The highest BCUT2D eigenvalue weighted by Crippen LogP contribution is 2.50. The molecule has 0 spiro atoms. The van der Waals surface area contributed by atoms with Gasteiger partial charge in [-0.05, 0) is 72.9 Å². The second kappa shape index (κ2) is 12.2. The molecule has 4 rings (SSSR count). The van der Waals surface area contributed by atoms with Crippen LogP contribution < -0.4 is 14.2 Å². The van der Waals surface area contributed by atoms with Crippen LogP contribution in [0.15, 0.2) is 54.6 Å². The minimum absolute atomic E-state index is 0.0647. The highest BCUT2D eigenvalue weighted by molar-refractivity contribution is 7.69. The zero-order valence-electron chi connectivity index (χ0n) is 22.7. The predicted molar refractivity (Wildman–Crippen MR) is 153 cm³/mol. The number of rotatable bonds is 12. The molecule has 0 radical (unpaired) electrons. The lowest BCUT2D eigenvalue weighted by molar-refractivity contribution is -0.137. The standard InChI is InChI=1S/C31H37O6P/c1-5-38(4,34)13-7-12-35-27-14-21(2)31(22(3)15-27)24-9-6-8-23(16-24)19-36-26-10-11-28-25(17-30(32)33)20-37-29(28)18-26/h6,8-11,14-16,18,25,34H,5,7,12-13,17,19-20H2,1-4H3/p+1. The Morgan fingerprint density at radius 1 is 1.05 bits per heavy atom. The monoisotopic (exact) mass is 537 g/mol. The molecule has 0 bridgehead atoms. The zero-order chi connectivity index (χ0) is 27.3. The molecule has 2 atom stereocenters. The van der Waals surface area contributed by atoms with Gasteiger partial charge in [0, 0.05) is 24.0 Å². The van der Waals surface area contributed by atoms with Crippen LogP contribution in [0.5, 0.6) is 17.2 Å². The lowest BCUT2D eigenvalue weighted by Crippen LogP contribution is -2.07. The van der Waals surface area contributed by atoms with E-state index in [0.29, 0.717) is 31.3 Å². The van der Waals surface area contributed by atoms with Gasteiger partial charge in [0.15, 0.2) is 0 Å². The topological polar surface area (TPSA) is 85.2 Å². The lowest BCUT2D eigenvalue weighted by Gasteiger charge is -2.16. The van der Waals surface area contributed by atoms with Gasteiger partial charge in [0.1, 0.15) is 31.3 Å². The van der Waals surface area contributed by atoms with Crippen molar-refractivity contribution in [3.8, 4) is 28.4 Å². The fourth-order valence-corrected chi connectivity index (χ4v) is 6.05. The quantitative estimate of drug-likeness (QED) is 0.194. The van der Waals surface area contributed by atoms with Crippen molar-refractivity contribution in [2.45, 2.75) is 46.1 Å². The number of carboxylic acids is 1. The number of fused-ring (bicyclic) bond motifs is 1. The zero-order valence-corrected chi connectivity index (χ0v) is 23.6. The Hall–Kier alpha value is -3.08. The Labute approximate surface area is 226 Å². The first-order chi connectivity index (χ1) is 18.1. The first-order valence-corrected chi connectivity index (χ1v) is 15.7. The number of carboxylic acid groups (broad SMARTS) is 1. The Kier molecular flexibility index (Phi) is 8.96. The molecule has 3 aromatic rings. The van der Waals surface area contributed by atoms with E-state index in [9.17, 15) is 9.69 Å². The van der Waals surface area contributed by atoms with Gasteiger partial charge >= 0.3 is 5.97 Å². The number of aliphatic carboxylic acids is 1. The van der Waals surface area contributed by atoms with Crippen LogP contribution >= 0.6 is 7.49 Å². The molecule has 0 saturated carbocycles. The summed E-state index contributed by atoms with van der Waals surface area (Å²) < 4.78 is 17.8. The molecule has 0 aromatic heterocycles. The van der Waals surface area contributed by atoms with Crippen LogP contribution in [-0.2, 0) is 11.4 Å². The van der Waals surface area contributed by atoms with E-state index in [0.717, 1.165) is 52.3 Å². The van der Waals surface area contributed by atoms with Gasteiger partial charge < -0.3 is 19.3 Å². The van der Waals surface area contributed by atoms with Gasteiger partial charge in [-0.2, -0.15) is 0 Å². The van der Waals surface area contributed by atoms with Crippen LogP contribution in [0.2, 0.25) is 0 Å². The highest BCUT2D eigenvalue weighted by Gasteiger charge is 2.27. The van der Waals surface area contributed by atoms with Crippen LogP contribution in [0.1, 0.15) is 47.9 Å². The van der Waals surface area contributed by atoms with Crippen molar-refractivity contribution in [3.63, 3.8) is 0 Å². The molecule has 1 heterocycles. The maximum Gasteiger partial charge on any atom is 0.304 e. The van der Waals surface area contributed by atoms with Gasteiger partial charge in [0.25, 0.3) is 0 Å². The Morgan fingerprint density at radius 3 is 2.53 bits per heavy atom. The molecule has 202 valence electrons. The van der Waals surface area contributed by atoms with E-state index in [4.69, 9.17) is 19.3 Å². The maximum atomic E-state index is 11.1. The lowest BCUT2D eigenvalue weighted by atomic mass is 9.94.